The highest BCUT2D eigenvalue weighted by Crippen LogP contribution is 2.50. The van der Waals surface area contributed by atoms with Crippen molar-refractivity contribution in [2.75, 3.05) is 25.9 Å². The lowest BCUT2D eigenvalue weighted by molar-refractivity contribution is -0.141. The van der Waals surface area contributed by atoms with Crippen molar-refractivity contribution in [3.05, 3.63) is 47.7 Å². The fraction of sp³-hybridized carbons (Fsp3) is 0.500. The van der Waals surface area contributed by atoms with E-state index >= 15 is 0 Å². The van der Waals surface area contributed by atoms with Gasteiger partial charge in [-0.1, -0.05) is 31.2 Å². The van der Waals surface area contributed by atoms with Gasteiger partial charge in [-0.05, 0) is 31.4 Å². The summed E-state index contributed by atoms with van der Waals surface area (Å²) in [6.07, 6.45) is 5.92. The van der Waals surface area contributed by atoms with Gasteiger partial charge in [-0.2, -0.15) is 0 Å². The molecule has 5 heteroatoms. The topological polar surface area (TPSA) is 64.8 Å². The number of carbonyl (C=O) groups is 1. The number of ether oxygens (including phenoxy) is 2. The molecule has 0 spiro atoms. The number of nitrogens with zero attached hydrogens (tertiary/aromatic N) is 1. The van der Waals surface area contributed by atoms with E-state index in [0.29, 0.717) is 11.6 Å². The number of piperidine rings is 1. The highest BCUT2D eigenvalue weighted by atomic mass is 16.5. The van der Waals surface area contributed by atoms with Crippen LogP contribution in [0.1, 0.15) is 32.3 Å². The molecule has 3 aliphatic heterocycles. The first-order valence-corrected chi connectivity index (χ1v) is 9.67. The zero-order valence-corrected chi connectivity index (χ0v) is 16.3. The van der Waals surface area contributed by atoms with Crippen LogP contribution in [0.3, 0.4) is 0 Å². The zero-order valence-electron chi connectivity index (χ0n) is 16.3. The van der Waals surface area contributed by atoms with E-state index in [9.17, 15) is 4.79 Å². The van der Waals surface area contributed by atoms with E-state index in [-0.39, 0.29) is 23.4 Å². The fourth-order valence-corrected chi connectivity index (χ4v) is 4.95. The van der Waals surface area contributed by atoms with Gasteiger partial charge in [-0.15, -0.1) is 0 Å². The average molecular weight is 368 g/mol. The van der Waals surface area contributed by atoms with E-state index in [1.54, 1.807) is 6.26 Å². The largest absolute Gasteiger partial charge is 0.497 e. The molecule has 1 aromatic carbocycles. The first kappa shape index (κ1) is 18.1. The summed E-state index contributed by atoms with van der Waals surface area (Å²) in [6, 6.07) is 8.36. The molecule has 0 saturated carbocycles. The van der Waals surface area contributed by atoms with Crippen LogP contribution in [0.2, 0.25) is 0 Å². The number of hydrogen-bond donors (Lipinski definition) is 1. The van der Waals surface area contributed by atoms with Crippen molar-refractivity contribution in [1.82, 2.24) is 4.90 Å². The molecule has 1 fully saturated rings. The standard InChI is InChI=1S/C22H28N2O3/c1-14-22(2)13-24-9-8-15(17-6-4-5-7-20(17)23)10-16(24)11-19(22)18(12-27-14)21(25)26-3/h4-7,10,12,14,16,19H,8-9,11,13,23H2,1-3H3/t14?,16?,19-,22?/m1/s1. The van der Waals surface area contributed by atoms with Crippen molar-refractivity contribution < 1.29 is 14.3 Å². The van der Waals surface area contributed by atoms with Gasteiger partial charge in [0.1, 0.15) is 6.10 Å². The van der Waals surface area contributed by atoms with Crippen LogP contribution in [0.15, 0.2) is 42.2 Å². The van der Waals surface area contributed by atoms with E-state index in [0.717, 1.165) is 37.2 Å². The van der Waals surface area contributed by atoms with Crippen LogP contribution < -0.4 is 5.73 Å². The van der Waals surface area contributed by atoms with Gasteiger partial charge in [-0.25, -0.2) is 4.79 Å². The number of hydrogen-bond acceptors (Lipinski definition) is 5. The molecule has 0 amide bonds. The number of methoxy groups -OCH3 is 1. The van der Waals surface area contributed by atoms with Gasteiger partial charge in [0.25, 0.3) is 0 Å². The Hall–Kier alpha value is -2.27. The second-order valence-electron chi connectivity index (χ2n) is 8.20. The lowest BCUT2D eigenvalue weighted by atomic mass is 9.63. The molecule has 4 atom stereocenters. The third kappa shape index (κ3) is 2.94. The summed E-state index contributed by atoms with van der Waals surface area (Å²) < 4.78 is 10.9. The molecule has 1 saturated heterocycles. The number of fused-ring (bicyclic) bond motifs is 2. The van der Waals surface area contributed by atoms with Crippen molar-refractivity contribution in [3.8, 4) is 0 Å². The minimum atomic E-state index is -0.279. The first-order chi connectivity index (χ1) is 12.9. The Bertz CT molecular complexity index is 816. The van der Waals surface area contributed by atoms with Crippen molar-refractivity contribution in [2.24, 2.45) is 11.3 Å². The molecule has 5 nitrogen and oxygen atoms in total. The van der Waals surface area contributed by atoms with Gasteiger partial charge in [0, 0.05) is 41.7 Å². The number of rotatable bonds is 2. The van der Waals surface area contributed by atoms with Gasteiger partial charge >= 0.3 is 5.97 Å². The van der Waals surface area contributed by atoms with E-state index < -0.39 is 0 Å². The second kappa shape index (κ2) is 6.71. The Labute approximate surface area is 160 Å². The molecule has 3 heterocycles. The molecular formula is C22H28N2O3. The molecule has 3 aliphatic rings. The third-order valence-corrected chi connectivity index (χ3v) is 6.78. The SMILES string of the molecule is COC(=O)C1=COC(C)C2(C)CN3CCC(c4ccccc4N)=CC3C[C@H]12. The lowest BCUT2D eigenvalue weighted by Crippen LogP contribution is -2.59. The Morgan fingerprint density at radius 3 is 2.89 bits per heavy atom. The van der Waals surface area contributed by atoms with E-state index in [2.05, 4.69) is 30.9 Å². The summed E-state index contributed by atoms with van der Waals surface area (Å²) in [5.41, 5.74) is 10.0. The molecule has 3 unspecified atom stereocenters. The molecule has 1 aromatic rings. The van der Waals surface area contributed by atoms with E-state index in [1.807, 2.05) is 18.2 Å². The predicted octanol–water partition coefficient (Wildman–Crippen LogP) is 3.23. The van der Waals surface area contributed by atoms with Crippen molar-refractivity contribution >= 4 is 17.2 Å². The van der Waals surface area contributed by atoms with Gasteiger partial charge in [0.15, 0.2) is 0 Å². The molecule has 2 N–H and O–H groups in total. The molecule has 0 bridgehead atoms. The molecule has 144 valence electrons. The summed E-state index contributed by atoms with van der Waals surface area (Å²) in [4.78, 5) is 14.9. The molecule has 27 heavy (non-hydrogen) atoms. The van der Waals surface area contributed by atoms with Crippen LogP contribution in [-0.4, -0.2) is 43.2 Å². The summed E-state index contributed by atoms with van der Waals surface area (Å²) in [6.45, 7) is 6.25. The number of nitrogen functional groups attached to an aromatic ring is 1. The highest BCUT2D eigenvalue weighted by Gasteiger charge is 2.52. The minimum absolute atomic E-state index is 0.0620. The van der Waals surface area contributed by atoms with E-state index in [4.69, 9.17) is 15.2 Å². The van der Waals surface area contributed by atoms with E-state index in [1.165, 1.54) is 12.7 Å². The third-order valence-electron chi connectivity index (χ3n) is 6.78. The maximum atomic E-state index is 12.3. The monoisotopic (exact) mass is 368 g/mol. The summed E-state index contributed by atoms with van der Waals surface area (Å²) in [5.74, 6) is -0.155. The molecule has 4 rings (SSSR count). The van der Waals surface area contributed by atoms with Crippen LogP contribution in [0.4, 0.5) is 5.69 Å². The number of carbonyl (C=O) groups excluding carboxylic acids is 1. The smallest absolute Gasteiger partial charge is 0.337 e. The maximum absolute atomic E-state index is 12.3. The molecule has 0 aromatic heterocycles. The van der Waals surface area contributed by atoms with Crippen LogP contribution in [0.5, 0.6) is 0 Å². The lowest BCUT2D eigenvalue weighted by Gasteiger charge is -2.54. The van der Waals surface area contributed by atoms with Crippen molar-refractivity contribution in [2.45, 2.75) is 38.8 Å². The zero-order chi connectivity index (χ0) is 19.2. The average Bonchev–Trinajstić information content (AvgIpc) is 2.67. The van der Waals surface area contributed by atoms with Crippen LogP contribution in [0.25, 0.3) is 5.57 Å². The summed E-state index contributed by atoms with van der Waals surface area (Å²) in [5, 5.41) is 0. The van der Waals surface area contributed by atoms with Gasteiger partial charge in [0.2, 0.25) is 0 Å². The van der Waals surface area contributed by atoms with Crippen LogP contribution in [-0.2, 0) is 14.3 Å². The van der Waals surface area contributed by atoms with Crippen molar-refractivity contribution in [1.29, 1.82) is 0 Å². The maximum Gasteiger partial charge on any atom is 0.337 e. The Morgan fingerprint density at radius 2 is 2.15 bits per heavy atom. The first-order valence-electron chi connectivity index (χ1n) is 9.67. The number of para-hydroxylation sites is 1. The number of anilines is 1. The number of esters is 1. The number of benzene rings is 1. The predicted molar refractivity (Wildman–Crippen MR) is 106 cm³/mol. The van der Waals surface area contributed by atoms with Crippen LogP contribution in [0, 0.1) is 11.3 Å². The molecule has 0 aliphatic carbocycles. The quantitative estimate of drug-likeness (QED) is 0.641. The Kier molecular flexibility index (Phi) is 4.50. The minimum Gasteiger partial charge on any atom is -0.497 e. The normalized spacial score (nSPS) is 33.1. The summed E-state index contributed by atoms with van der Waals surface area (Å²) >= 11 is 0. The van der Waals surface area contributed by atoms with Crippen LogP contribution >= 0.6 is 0 Å². The number of nitrogens with two attached hydrogens (primary N) is 1. The second-order valence-corrected chi connectivity index (χ2v) is 8.20. The summed E-state index contributed by atoms with van der Waals surface area (Å²) in [7, 11) is 1.43. The Balaban J connectivity index is 1.67. The molecule has 0 radical (unpaired) electrons. The fourth-order valence-electron chi connectivity index (χ4n) is 4.95. The van der Waals surface area contributed by atoms with Gasteiger partial charge in [-0.3, -0.25) is 4.90 Å². The van der Waals surface area contributed by atoms with Crippen molar-refractivity contribution in [3.63, 3.8) is 0 Å². The van der Waals surface area contributed by atoms with Gasteiger partial charge < -0.3 is 15.2 Å². The van der Waals surface area contributed by atoms with Gasteiger partial charge in [0.05, 0.1) is 18.9 Å². The molecular weight excluding hydrogens is 340 g/mol. The highest BCUT2D eigenvalue weighted by molar-refractivity contribution is 5.89. The Morgan fingerprint density at radius 1 is 1.37 bits per heavy atom.